The summed E-state index contributed by atoms with van der Waals surface area (Å²) < 4.78 is 3.90. The number of aromatic hydroxyl groups is 2. The zero-order valence-electron chi connectivity index (χ0n) is 17.7. The Bertz CT molecular complexity index is 1120. The Labute approximate surface area is 176 Å². The smallest absolute Gasteiger partial charge is 0.235 e. The van der Waals surface area contributed by atoms with Crippen molar-refractivity contribution in [2.45, 2.75) is 59.0 Å². The fourth-order valence-electron chi connectivity index (χ4n) is 4.22. The maximum Gasteiger partial charge on any atom is 0.235 e. The molecule has 0 saturated heterocycles. The summed E-state index contributed by atoms with van der Waals surface area (Å²) in [6.45, 7) is 5.66. The van der Waals surface area contributed by atoms with E-state index in [-0.39, 0.29) is 11.6 Å². The molecule has 3 aromatic heterocycles. The van der Waals surface area contributed by atoms with E-state index in [9.17, 15) is 10.2 Å². The van der Waals surface area contributed by atoms with Crippen LogP contribution in [0.4, 0.5) is 0 Å². The van der Waals surface area contributed by atoms with E-state index < -0.39 is 0 Å². The van der Waals surface area contributed by atoms with E-state index in [2.05, 4.69) is 42.0 Å². The minimum Gasteiger partial charge on any atom is -0.503 e. The number of H-pyrrole nitrogens is 1. The van der Waals surface area contributed by atoms with Crippen molar-refractivity contribution in [2.24, 2.45) is 0 Å². The molecule has 158 valence electrons. The Balaban J connectivity index is 1.75. The first kappa shape index (κ1) is 20.1. The third-order valence-corrected chi connectivity index (χ3v) is 5.79. The highest BCUT2D eigenvalue weighted by atomic mass is 16.3. The van der Waals surface area contributed by atoms with Crippen molar-refractivity contribution in [3.63, 3.8) is 0 Å². The van der Waals surface area contributed by atoms with E-state index in [1.165, 1.54) is 5.56 Å². The molecular weight excluding hydrogens is 376 g/mol. The van der Waals surface area contributed by atoms with Gasteiger partial charge in [0.05, 0.1) is 12.0 Å². The van der Waals surface area contributed by atoms with Crippen LogP contribution >= 0.6 is 0 Å². The minimum atomic E-state index is -0.0383. The van der Waals surface area contributed by atoms with E-state index in [0.29, 0.717) is 6.54 Å². The van der Waals surface area contributed by atoms with Crippen LogP contribution in [0.15, 0.2) is 43.1 Å². The van der Waals surface area contributed by atoms with E-state index in [4.69, 9.17) is 0 Å². The molecule has 0 unspecified atom stereocenters. The summed E-state index contributed by atoms with van der Waals surface area (Å²) in [5.41, 5.74) is 5.04. The van der Waals surface area contributed by atoms with Gasteiger partial charge in [0.2, 0.25) is 5.88 Å². The monoisotopic (exact) mass is 406 g/mol. The second-order valence-electron chi connectivity index (χ2n) is 8.01. The zero-order valence-corrected chi connectivity index (χ0v) is 17.7. The van der Waals surface area contributed by atoms with Crippen LogP contribution in [0.5, 0.6) is 11.6 Å². The molecule has 6 nitrogen and oxygen atoms in total. The lowest BCUT2D eigenvalue weighted by Crippen LogP contribution is -2.05. The Morgan fingerprint density at radius 3 is 2.73 bits per heavy atom. The number of benzene rings is 1. The number of hydrogen-bond donors (Lipinski definition) is 3. The summed E-state index contributed by atoms with van der Waals surface area (Å²) >= 11 is 0. The van der Waals surface area contributed by atoms with E-state index in [1.807, 2.05) is 21.5 Å². The van der Waals surface area contributed by atoms with Gasteiger partial charge in [-0.15, -0.1) is 0 Å². The molecular formula is C24H30N4O2. The normalized spacial score (nSPS) is 11.5. The molecule has 0 aliphatic heterocycles. The summed E-state index contributed by atoms with van der Waals surface area (Å²) in [6, 6.07) is 6.34. The van der Waals surface area contributed by atoms with Crippen LogP contribution in [-0.4, -0.2) is 29.3 Å². The van der Waals surface area contributed by atoms with E-state index >= 15 is 0 Å². The first-order valence-corrected chi connectivity index (χ1v) is 10.8. The van der Waals surface area contributed by atoms with Gasteiger partial charge in [0.25, 0.3) is 0 Å². The highest BCUT2D eigenvalue weighted by Gasteiger charge is 2.24. The Morgan fingerprint density at radius 1 is 1.10 bits per heavy atom. The average molecular weight is 407 g/mol. The number of unbranched alkanes of at least 4 members (excludes halogenated alkanes) is 2. The largest absolute Gasteiger partial charge is 0.503 e. The predicted octanol–water partition coefficient (Wildman–Crippen LogP) is 5.38. The lowest BCUT2D eigenvalue weighted by atomic mass is 10.0. The van der Waals surface area contributed by atoms with Crippen LogP contribution in [0.3, 0.4) is 0 Å². The highest BCUT2D eigenvalue weighted by Crippen LogP contribution is 2.44. The maximum atomic E-state index is 10.8. The number of aromatic amines is 1. The molecule has 0 amide bonds. The standard InChI is InChI=1S/C24H30N4O2/c1-3-4-5-7-19-22(20-15-26-21-14-17(2)8-9-18(20)21)28(24(30)23(19)29)12-6-11-27-13-10-25-16-27/h8-10,13-16,26,29-30H,3-7,11-12H2,1-2H3. The molecule has 0 aliphatic rings. The number of rotatable bonds is 9. The van der Waals surface area contributed by atoms with Crippen molar-refractivity contribution in [1.82, 2.24) is 19.1 Å². The van der Waals surface area contributed by atoms with Crippen molar-refractivity contribution in [3.05, 3.63) is 54.2 Å². The number of imidazole rings is 1. The highest BCUT2D eigenvalue weighted by molar-refractivity contribution is 5.96. The summed E-state index contributed by atoms with van der Waals surface area (Å²) in [4.78, 5) is 7.45. The quantitative estimate of drug-likeness (QED) is 0.327. The molecule has 3 N–H and O–H groups in total. The van der Waals surface area contributed by atoms with Crippen LogP contribution in [-0.2, 0) is 19.5 Å². The first-order chi connectivity index (χ1) is 14.6. The van der Waals surface area contributed by atoms with Crippen LogP contribution in [0.25, 0.3) is 22.2 Å². The molecule has 0 bridgehead atoms. The van der Waals surface area contributed by atoms with Crippen molar-refractivity contribution < 1.29 is 10.2 Å². The van der Waals surface area contributed by atoms with Gasteiger partial charge in [0, 0.05) is 53.7 Å². The van der Waals surface area contributed by atoms with Gasteiger partial charge in [-0.3, -0.25) is 0 Å². The number of hydrogen-bond acceptors (Lipinski definition) is 3. The lowest BCUT2D eigenvalue weighted by Gasteiger charge is -2.12. The molecule has 0 fully saturated rings. The van der Waals surface area contributed by atoms with Crippen LogP contribution in [0.2, 0.25) is 0 Å². The van der Waals surface area contributed by atoms with E-state index in [0.717, 1.165) is 66.4 Å². The third kappa shape index (κ3) is 3.82. The van der Waals surface area contributed by atoms with E-state index in [1.54, 1.807) is 12.5 Å². The molecule has 1 aromatic carbocycles. The second-order valence-corrected chi connectivity index (χ2v) is 8.01. The zero-order chi connectivity index (χ0) is 21.1. The number of nitrogens with zero attached hydrogens (tertiary/aromatic N) is 3. The summed E-state index contributed by atoms with van der Waals surface area (Å²) in [6.07, 6.45) is 12.3. The average Bonchev–Trinajstić information content (AvgIpc) is 3.44. The van der Waals surface area contributed by atoms with Gasteiger partial charge in [-0.2, -0.15) is 0 Å². The second kappa shape index (κ2) is 8.69. The molecule has 6 heteroatoms. The van der Waals surface area contributed by atoms with Crippen LogP contribution < -0.4 is 0 Å². The topological polar surface area (TPSA) is 79.0 Å². The fraction of sp³-hybridized carbons (Fsp3) is 0.375. The van der Waals surface area contributed by atoms with Crippen molar-refractivity contribution in [3.8, 4) is 22.9 Å². The summed E-state index contributed by atoms with van der Waals surface area (Å²) in [7, 11) is 0. The molecule has 3 heterocycles. The van der Waals surface area contributed by atoms with Crippen molar-refractivity contribution >= 4 is 10.9 Å². The Morgan fingerprint density at radius 2 is 1.97 bits per heavy atom. The maximum absolute atomic E-state index is 10.8. The first-order valence-electron chi connectivity index (χ1n) is 10.8. The Hall–Kier alpha value is -3.15. The Kier molecular flexibility index (Phi) is 5.84. The summed E-state index contributed by atoms with van der Waals surface area (Å²) in [5, 5.41) is 22.7. The van der Waals surface area contributed by atoms with Gasteiger partial charge < -0.3 is 24.3 Å². The molecule has 0 spiro atoms. The van der Waals surface area contributed by atoms with Gasteiger partial charge in [0.1, 0.15) is 0 Å². The predicted molar refractivity (Wildman–Crippen MR) is 120 cm³/mol. The van der Waals surface area contributed by atoms with Gasteiger partial charge >= 0.3 is 0 Å². The number of fused-ring (bicyclic) bond motifs is 1. The number of aryl methyl sites for hydroxylation is 2. The van der Waals surface area contributed by atoms with Crippen molar-refractivity contribution in [1.29, 1.82) is 0 Å². The van der Waals surface area contributed by atoms with Gasteiger partial charge in [-0.1, -0.05) is 31.9 Å². The van der Waals surface area contributed by atoms with Gasteiger partial charge in [-0.25, -0.2) is 4.98 Å². The molecule has 0 saturated carbocycles. The lowest BCUT2D eigenvalue weighted by molar-refractivity contribution is 0.367. The van der Waals surface area contributed by atoms with Crippen molar-refractivity contribution in [2.75, 3.05) is 0 Å². The van der Waals surface area contributed by atoms with Crippen LogP contribution in [0, 0.1) is 6.92 Å². The molecule has 0 aliphatic carbocycles. The summed E-state index contributed by atoms with van der Waals surface area (Å²) in [5.74, 6) is -0.0196. The molecule has 4 rings (SSSR count). The molecule has 0 atom stereocenters. The van der Waals surface area contributed by atoms with Gasteiger partial charge in [-0.05, 0) is 37.8 Å². The fourth-order valence-corrected chi connectivity index (χ4v) is 4.22. The van der Waals surface area contributed by atoms with Gasteiger partial charge in [0.15, 0.2) is 5.75 Å². The number of nitrogens with one attached hydrogen (secondary N) is 1. The number of aromatic nitrogens is 4. The third-order valence-electron chi connectivity index (χ3n) is 5.79. The minimum absolute atomic E-state index is 0.0187. The van der Waals surface area contributed by atoms with Crippen LogP contribution in [0.1, 0.15) is 43.7 Å². The SMILES string of the molecule is CCCCCc1c(O)c(O)n(CCCn2ccnc2)c1-c1c[nH]c2cc(C)ccc12. The molecule has 30 heavy (non-hydrogen) atoms. The molecule has 0 radical (unpaired) electrons. The molecule has 4 aromatic rings.